The predicted molar refractivity (Wildman–Crippen MR) is 136 cm³/mol. The summed E-state index contributed by atoms with van der Waals surface area (Å²) in [5, 5.41) is 0. The second-order valence-corrected chi connectivity index (χ2v) is 9.40. The molecular formula is C29H33FN2O3. The van der Waals surface area contributed by atoms with Crippen molar-refractivity contribution >= 4 is 11.5 Å². The van der Waals surface area contributed by atoms with Crippen LogP contribution in [0.15, 0.2) is 60.8 Å². The summed E-state index contributed by atoms with van der Waals surface area (Å²) in [6, 6.07) is 17.0. The fourth-order valence-corrected chi connectivity index (χ4v) is 4.07. The van der Waals surface area contributed by atoms with Crippen molar-refractivity contribution in [1.82, 2.24) is 4.98 Å². The van der Waals surface area contributed by atoms with Crippen molar-refractivity contribution in [3.8, 4) is 16.9 Å². The third-order valence-corrected chi connectivity index (χ3v) is 5.99. The first-order valence-corrected chi connectivity index (χ1v) is 12.3. The topological polar surface area (TPSA) is 51.7 Å². The van der Waals surface area contributed by atoms with Crippen LogP contribution in [0.25, 0.3) is 11.1 Å². The number of benzene rings is 2. The second kappa shape index (κ2) is 11.9. The van der Waals surface area contributed by atoms with E-state index in [2.05, 4.69) is 34.1 Å². The van der Waals surface area contributed by atoms with Gasteiger partial charge < -0.3 is 14.4 Å². The van der Waals surface area contributed by atoms with Gasteiger partial charge >= 0.3 is 0 Å². The summed E-state index contributed by atoms with van der Waals surface area (Å²) in [4.78, 5) is 19.4. The van der Waals surface area contributed by atoms with Gasteiger partial charge in [-0.05, 0) is 53.8 Å². The number of ketones is 1. The fraction of sp³-hybridized carbons (Fsp3) is 0.379. The lowest BCUT2D eigenvalue weighted by Crippen LogP contribution is -2.36. The van der Waals surface area contributed by atoms with Crippen LogP contribution in [-0.2, 0) is 22.4 Å². The van der Waals surface area contributed by atoms with Crippen LogP contribution in [0.3, 0.4) is 0 Å². The van der Waals surface area contributed by atoms with E-state index >= 15 is 0 Å². The highest BCUT2D eigenvalue weighted by Crippen LogP contribution is 2.24. The molecule has 0 aliphatic carbocycles. The third-order valence-electron chi connectivity index (χ3n) is 5.99. The molecular weight excluding hydrogens is 443 g/mol. The molecule has 1 aliphatic heterocycles. The maximum Gasteiger partial charge on any atom is 0.139 e. The van der Waals surface area contributed by atoms with Crippen molar-refractivity contribution in [3.63, 3.8) is 0 Å². The van der Waals surface area contributed by atoms with E-state index in [0.29, 0.717) is 31.1 Å². The minimum atomic E-state index is -0.344. The number of ether oxygens (including phenoxy) is 2. The highest BCUT2D eigenvalue weighted by molar-refractivity contribution is 5.80. The number of anilines is 1. The zero-order valence-electron chi connectivity index (χ0n) is 20.5. The molecule has 0 N–H and O–H groups in total. The van der Waals surface area contributed by atoms with E-state index in [9.17, 15) is 9.18 Å². The Bertz CT molecular complexity index is 1110. The van der Waals surface area contributed by atoms with Crippen LogP contribution in [0.1, 0.15) is 31.5 Å². The van der Waals surface area contributed by atoms with Gasteiger partial charge in [-0.2, -0.15) is 0 Å². The van der Waals surface area contributed by atoms with Gasteiger partial charge in [-0.3, -0.25) is 9.78 Å². The minimum Gasteiger partial charge on any atom is -0.493 e. The zero-order valence-corrected chi connectivity index (χ0v) is 20.5. The Morgan fingerprint density at radius 3 is 2.49 bits per heavy atom. The number of Topliss-reactive ketones (excluding diaryl/α,β-unsaturated/α-hetero) is 1. The van der Waals surface area contributed by atoms with Crippen molar-refractivity contribution < 1.29 is 18.7 Å². The molecule has 0 atom stereocenters. The van der Waals surface area contributed by atoms with Crippen molar-refractivity contribution in [2.75, 3.05) is 37.8 Å². The first-order chi connectivity index (χ1) is 17.0. The van der Waals surface area contributed by atoms with Gasteiger partial charge in [0, 0.05) is 55.1 Å². The SMILES string of the molecule is CC(C)COc1cc(F)cc(CCC(=O)Cc2ccc(-c3ccc(N4CCOCC4)cc3)cn2)c1. The molecule has 3 aromatic rings. The van der Waals surface area contributed by atoms with E-state index in [4.69, 9.17) is 9.47 Å². The molecule has 35 heavy (non-hydrogen) atoms. The molecule has 2 aromatic carbocycles. The van der Waals surface area contributed by atoms with E-state index in [-0.39, 0.29) is 18.0 Å². The largest absolute Gasteiger partial charge is 0.493 e. The number of aryl methyl sites for hydroxylation is 1. The molecule has 0 radical (unpaired) electrons. The lowest BCUT2D eigenvalue weighted by Gasteiger charge is -2.28. The molecule has 0 saturated carbocycles. The molecule has 5 nitrogen and oxygen atoms in total. The molecule has 1 fully saturated rings. The van der Waals surface area contributed by atoms with Crippen molar-refractivity contribution in [1.29, 1.82) is 0 Å². The minimum absolute atomic E-state index is 0.0778. The number of rotatable bonds is 10. The number of hydrogen-bond acceptors (Lipinski definition) is 5. The van der Waals surface area contributed by atoms with E-state index in [1.807, 2.05) is 38.2 Å². The number of halogens is 1. The van der Waals surface area contributed by atoms with Crippen LogP contribution in [0, 0.1) is 11.7 Å². The number of pyridine rings is 1. The average molecular weight is 477 g/mol. The summed E-state index contributed by atoms with van der Waals surface area (Å²) in [7, 11) is 0. The van der Waals surface area contributed by atoms with Gasteiger partial charge in [-0.1, -0.05) is 32.0 Å². The molecule has 1 saturated heterocycles. The van der Waals surface area contributed by atoms with Crippen LogP contribution in [-0.4, -0.2) is 43.7 Å². The molecule has 0 spiro atoms. The summed E-state index contributed by atoms with van der Waals surface area (Å²) in [6.45, 7) is 7.97. The lowest BCUT2D eigenvalue weighted by atomic mass is 10.0. The van der Waals surface area contributed by atoms with Crippen LogP contribution in [0.2, 0.25) is 0 Å². The molecule has 1 aromatic heterocycles. The monoisotopic (exact) mass is 476 g/mol. The van der Waals surface area contributed by atoms with Crippen LogP contribution < -0.4 is 9.64 Å². The van der Waals surface area contributed by atoms with E-state index in [1.165, 1.54) is 17.8 Å². The van der Waals surface area contributed by atoms with Gasteiger partial charge in [0.15, 0.2) is 0 Å². The maximum absolute atomic E-state index is 13.9. The number of carbonyl (C=O) groups is 1. The molecule has 0 unspecified atom stereocenters. The Labute approximate surface area is 206 Å². The highest BCUT2D eigenvalue weighted by Gasteiger charge is 2.12. The average Bonchev–Trinajstić information content (AvgIpc) is 2.87. The zero-order chi connectivity index (χ0) is 24.6. The quantitative estimate of drug-likeness (QED) is 0.387. The van der Waals surface area contributed by atoms with Gasteiger partial charge in [0.1, 0.15) is 17.3 Å². The van der Waals surface area contributed by atoms with Crippen LogP contribution in [0.4, 0.5) is 10.1 Å². The summed E-state index contributed by atoms with van der Waals surface area (Å²) < 4.78 is 25.0. The maximum atomic E-state index is 13.9. The lowest BCUT2D eigenvalue weighted by molar-refractivity contribution is -0.118. The Kier molecular flexibility index (Phi) is 8.48. The molecule has 4 rings (SSSR count). The van der Waals surface area contributed by atoms with E-state index < -0.39 is 0 Å². The van der Waals surface area contributed by atoms with Gasteiger partial charge in [0.05, 0.1) is 19.8 Å². The van der Waals surface area contributed by atoms with Gasteiger partial charge in [-0.25, -0.2) is 4.39 Å². The van der Waals surface area contributed by atoms with Crippen LogP contribution in [0.5, 0.6) is 5.75 Å². The predicted octanol–water partition coefficient (Wildman–Crippen LogP) is 5.50. The molecule has 0 bridgehead atoms. The summed E-state index contributed by atoms with van der Waals surface area (Å²) in [5.74, 6) is 0.603. The Balaban J connectivity index is 1.30. The van der Waals surface area contributed by atoms with Gasteiger partial charge in [0.2, 0.25) is 0 Å². The van der Waals surface area contributed by atoms with E-state index in [1.54, 1.807) is 0 Å². The third kappa shape index (κ3) is 7.36. The van der Waals surface area contributed by atoms with E-state index in [0.717, 1.165) is 48.7 Å². The first-order valence-electron chi connectivity index (χ1n) is 12.3. The number of hydrogen-bond donors (Lipinski definition) is 0. The van der Waals surface area contributed by atoms with Crippen molar-refractivity contribution in [2.45, 2.75) is 33.1 Å². The first kappa shape index (κ1) is 24.9. The number of morpholine rings is 1. The molecule has 6 heteroatoms. The summed E-state index contributed by atoms with van der Waals surface area (Å²) in [5.41, 5.74) is 4.81. The van der Waals surface area contributed by atoms with Crippen molar-refractivity contribution in [3.05, 3.63) is 77.9 Å². The Hall–Kier alpha value is -3.25. The highest BCUT2D eigenvalue weighted by atomic mass is 19.1. The standard InChI is InChI=1S/C29H33FN2O3/c1-21(2)20-35-29-16-22(15-25(30)17-29)3-10-28(33)18-26-7-4-24(19-31-26)23-5-8-27(9-6-23)32-11-13-34-14-12-32/h4-9,15-17,19,21H,3,10-14,18,20H2,1-2H3. The number of carbonyl (C=O) groups excluding carboxylic acids is 1. The van der Waals surface area contributed by atoms with Gasteiger partial charge in [0.25, 0.3) is 0 Å². The molecule has 0 amide bonds. The molecule has 1 aliphatic rings. The second-order valence-electron chi connectivity index (χ2n) is 9.40. The number of aromatic nitrogens is 1. The summed E-state index contributed by atoms with van der Waals surface area (Å²) in [6.07, 6.45) is 2.89. The van der Waals surface area contributed by atoms with Crippen molar-refractivity contribution in [2.24, 2.45) is 5.92 Å². The van der Waals surface area contributed by atoms with Gasteiger partial charge in [-0.15, -0.1) is 0 Å². The molecule has 2 heterocycles. The molecule has 184 valence electrons. The Morgan fingerprint density at radius 2 is 1.80 bits per heavy atom. The fourth-order valence-electron chi connectivity index (χ4n) is 4.07. The number of nitrogens with zero attached hydrogens (tertiary/aromatic N) is 2. The smallest absolute Gasteiger partial charge is 0.139 e. The Morgan fingerprint density at radius 1 is 1.06 bits per heavy atom. The summed E-state index contributed by atoms with van der Waals surface area (Å²) >= 11 is 0. The normalized spacial score (nSPS) is 13.8. The van der Waals surface area contributed by atoms with Crippen LogP contribution >= 0.6 is 0 Å².